The summed E-state index contributed by atoms with van der Waals surface area (Å²) < 4.78 is 55.9. The van der Waals surface area contributed by atoms with Crippen LogP contribution in [0, 0.1) is 29.1 Å². The first kappa shape index (κ1) is 38.5. The van der Waals surface area contributed by atoms with E-state index in [4.69, 9.17) is 18.9 Å². The zero-order chi connectivity index (χ0) is 37.2. The molecule has 2 amide bonds. The molecular weight excluding hydrogens is 662 g/mol. The fourth-order valence-corrected chi connectivity index (χ4v) is 7.75. The van der Waals surface area contributed by atoms with Gasteiger partial charge in [0.1, 0.15) is 30.0 Å². The number of methoxy groups -OCH3 is 1. The molecule has 1 aromatic heterocycles. The number of ether oxygens (including phenoxy) is 4. The smallest absolute Gasteiger partial charge is 0.408 e. The zero-order valence-corrected chi connectivity index (χ0v) is 31.2. The molecule has 1 aliphatic carbocycles. The summed E-state index contributed by atoms with van der Waals surface area (Å²) in [5, 5.41) is 2.84. The molecule has 2 fully saturated rings. The van der Waals surface area contributed by atoms with E-state index in [0.717, 1.165) is 12.8 Å². The minimum Gasteiger partial charge on any atom is -0.497 e. The molecule has 0 radical (unpaired) electrons. The Kier molecular flexibility index (Phi) is 11.7. The van der Waals surface area contributed by atoms with Crippen molar-refractivity contribution in [1.29, 1.82) is 0 Å². The molecule has 1 saturated carbocycles. The topological polar surface area (TPSA) is 129 Å². The number of benzene rings is 1. The molecule has 5 rings (SSSR count). The van der Waals surface area contributed by atoms with Crippen molar-refractivity contribution in [3.05, 3.63) is 23.9 Å². The largest absolute Gasteiger partial charge is 0.497 e. The molecule has 0 spiro atoms. The van der Waals surface area contributed by atoms with Crippen molar-refractivity contribution in [3.8, 4) is 11.6 Å². The summed E-state index contributed by atoms with van der Waals surface area (Å²) >= 11 is 0. The van der Waals surface area contributed by atoms with Gasteiger partial charge in [-0.3, -0.25) is 4.79 Å². The van der Waals surface area contributed by atoms with Gasteiger partial charge in [0.25, 0.3) is 5.92 Å². The van der Waals surface area contributed by atoms with Gasteiger partial charge in [0.2, 0.25) is 11.8 Å². The van der Waals surface area contributed by atoms with Crippen LogP contribution in [0.15, 0.2) is 18.2 Å². The summed E-state index contributed by atoms with van der Waals surface area (Å²) in [4.78, 5) is 52.0. The molecule has 7 unspecified atom stereocenters. The summed E-state index contributed by atoms with van der Waals surface area (Å²) in [6, 6.07) is 2.61. The molecule has 282 valence electrons. The number of rotatable bonds is 5. The van der Waals surface area contributed by atoms with Gasteiger partial charge in [0.15, 0.2) is 5.69 Å². The lowest BCUT2D eigenvalue weighted by atomic mass is 9.85. The predicted molar refractivity (Wildman–Crippen MR) is 186 cm³/mol. The van der Waals surface area contributed by atoms with Crippen molar-refractivity contribution >= 4 is 29.0 Å². The van der Waals surface area contributed by atoms with Gasteiger partial charge in [-0.25, -0.2) is 19.6 Å². The highest BCUT2D eigenvalue weighted by molar-refractivity contribution is 5.91. The van der Waals surface area contributed by atoms with Crippen LogP contribution in [0.4, 0.5) is 13.6 Å². The second kappa shape index (κ2) is 15.5. The molecule has 13 heteroatoms. The number of alkyl halides is 2. The minimum atomic E-state index is -3.40. The maximum Gasteiger partial charge on any atom is 0.408 e. The number of amides is 2. The summed E-state index contributed by atoms with van der Waals surface area (Å²) in [5.74, 6) is -4.83. The van der Waals surface area contributed by atoms with Crippen molar-refractivity contribution < 1.29 is 42.1 Å². The molecule has 1 aromatic carbocycles. The molecule has 7 atom stereocenters. The third kappa shape index (κ3) is 8.49. The van der Waals surface area contributed by atoms with E-state index in [1.54, 1.807) is 25.1 Å². The summed E-state index contributed by atoms with van der Waals surface area (Å²) in [5.41, 5.74) is -0.826. The van der Waals surface area contributed by atoms with Gasteiger partial charge in [-0.15, -0.1) is 0 Å². The highest BCUT2D eigenvalue weighted by Crippen LogP contribution is 2.43. The van der Waals surface area contributed by atoms with E-state index in [0.29, 0.717) is 30.5 Å². The Bertz CT molecular complexity index is 1580. The second-order valence-electron chi connectivity index (χ2n) is 16.0. The Labute approximate surface area is 299 Å². The monoisotopic (exact) mass is 716 g/mol. The fraction of sp³-hybridized carbons (Fsp3) is 0.711. The average Bonchev–Trinajstić information content (AvgIpc) is 3.61. The quantitative estimate of drug-likeness (QED) is 0.324. The third-order valence-electron chi connectivity index (χ3n) is 10.7. The van der Waals surface area contributed by atoms with Crippen molar-refractivity contribution in [3.63, 3.8) is 0 Å². The van der Waals surface area contributed by atoms with Crippen LogP contribution in [-0.4, -0.2) is 77.4 Å². The second-order valence-corrected chi connectivity index (χ2v) is 16.0. The maximum atomic E-state index is 16.3. The first-order valence-electron chi connectivity index (χ1n) is 18.4. The Balaban J connectivity index is 1.60. The van der Waals surface area contributed by atoms with Gasteiger partial charge >= 0.3 is 12.1 Å². The third-order valence-corrected chi connectivity index (χ3v) is 10.7. The molecule has 51 heavy (non-hydrogen) atoms. The van der Waals surface area contributed by atoms with Crippen LogP contribution in [0.5, 0.6) is 11.6 Å². The lowest BCUT2D eigenvalue weighted by molar-refractivity contribution is -0.156. The van der Waals surface area contributed by atoms with Crippen molar-refractivity contribution in [2.75, 3.05) is 20.3 Å². The minimum absolute atomic E-state index is 0.00618. The van der Waals surface area contributed by atoms with E-state index < -0.39 is 71.6 Å². The van der Waals surface area contributed by atoms with Crippen LogP contribution in [0.2, 0.25) is 0 Å². The number of alkyl carbamates (subject to hydrolysis) is 1. The molecule has 3 heterocycles. The Morgan fingerprint density at radius 3 is 2.49 bits per heavy atom. The van der Waals surface area contributed by atoms with Crippen LogP contribution < -0.4 is 14.8 Å². The number of carbonyl (C=O) groups excluding carboxylic acids is 3. The van der Waals surface area contributed by atoms with Crippen LogP contribution in [-0.2, 0) is 25.0 Å². The van der Waals surface area contributed by atoms with Crippen molar-refractivity contribution in [2.24, 2.45) is 29.1 Å². The number of esters is 1. The molecule has 2 bridgehead atoms. The number of carbonyl (C=O) groups is 3. The Hall–Kier alpha value is -3.77. The zero-order valence-electron chi connectivity index (χ0n) is 31.2. The Morgan fingerprint density at radius 2 is 1.82 bits per heavy atom. The number of aromatic nitrogens is 2. The molecule has 2 aliphatic heterocycles. The molecule has 11 nitrogen and oxygen atoms in total. The van der Waals surface area contributed by atoms with Crippen LogP contribution in [0.3, 0.4) is 0 Å². The van der Waals surface area contributed by atoms with Crippen LogP contribution in [0.25, 0.3) is 11.0 Å². The van der Waals surface area contributed by atoms with Gasteiger partial charge in [-0.1, -0.05) is 61.3 Å². The molecule has 1 saturated heterocycles. The normalized spacial score (nSPS) is 28.9. The van der Waals surface area contributed by atoms with Gasteiger partial charge < -0.3 is 29.2 Å². The van der Waals surface area contributed by atoms with Crippen LogP contribution in [0.1, 0.15) is 99.1 Å². The lowest BCUT2D eigenvalue weighted by Gasteiger charge is -2.35. The first-order chi connectivity index (χ1) is 24.0. The molecular formula is C38H54F2N4O7. The highest BCUT2D eigenvalue weighted by atomic mass is 19.3. The number of hydrogen-bond acceptors (Lipinski definition) is 9. The van der Waals surface area contributed by atoms with Gasteiger partial charge in [0, 0.05) is 18.4 Å². The summed E-state index contributed by atoms with van der Waals surface area (Å²) in [7, 11) is 1.49. The van der Waals surface area contributed by atoms with Crippen LogP contribution >= 0.6 is 0 Å². The van der Waals surface area contributed by atoms with E-state index in [1.807, 2.05) is 34.6 Å². The number of halogens is 2. The fourth-order valence-electron chi connectivity index (χ4n) is 7.75. The van der Waals surface area contributed by atoms with Gasteiger partial charge in [0.05, 0.1) is 31.3 Å². The number of nitrogens with one attached hydrogen (secondary N) is 1. The SMILES string of the molecule is CCC1CCC2OC(=O)NC(C(C)(C)C)C(=O)N3CC(Oc4nc5cc(OC)ccc5nc4C(F)(F)CCCCC12)C(C)C3C(=O)OCC(C)C. The van der Waals surface area contributed by atoms with Gasteiger partial charge in [-0.05, 0) is 61.0 Å². The summed E-state index contributed by atoms with van der Waals surface area (Å²) in [6.07, 6.45) is 1.20. The molecule has 2 aromatic rings. The highest BCUT2D eigenvalue weighted by Gasteiger charge is 2.52. The van der Waals surface area contributed by atoms with Crippen molar-refractivity contribution in [2.45, 2.75) is 124 Å². The molecule has 3 aliphatic rings. The predicted octanol–water partition coefficient (Wildman–Crippen LogP) is 7.04. The Morgan fingerprint density at radius 1 is 1.08 bits per heavy atom. The van der Waals surface area contributed by atoms with E-state index in [1.165, 1.54) is 12.0 Å². The standard InChI is InChI=1S/C38H54F2N4O7/c1-9-23-13-16-28-25(23)12-10-11-17-38(39,40)31-33(42-27-18-24(48-8)14-15-26(27)41-31)50-29-19-44(30(22(29)4)35(46)49-20-21(2)3)34(45)32(37(5,6)7)43-36(47)51-28/h14-15,18,21-23,25,28-30,32H,9-13,16-17,19-20H2,1-8H3,(H,43,47). The van der Waals surface area contributed by atoms with Gasteiger partial charge in [-0.2, -0.15) is 8.78 Å². The first-order valence-corrected chi connectivity index (χ1v) is 18.4. The summed E-state index contributed by atoms with van der Waals surface area (Å²) in [6.45, 7) is 13.0. The number of fused-ring (bicyclic) bond motifs is 5. The van der Waals surface area contributed by atoms with E-state index in [9.17, 15) is 14.4 Å². The van der Waals surface area contributed by atoms with E-state index in [-0.39, 0.29) is 48.7 Å². The van der Waals surface area contributed by atoms with E-state index in [2.05, 4.69) is 22.2 Å². The van der Waals surface area contributed by atoms with E-state index >= 15 is 8.78 Å². The number of nitrogens with zero attached hydrogens (tertiary/aromatic N) is 3. The lowest BCUT2D eigenvalue weighted by Crippen LogP contribution is -2.57. The molecule has 1 N–H and O–H groups in total. The maximum absolute atomic E-state index is 16.3. The van der Waals surface area contributed by atoms with Crippen molar-refractivity contribution in [1.82, 2.24) is 20.2 Å². The average molecular weight is 717 g/mol. The number of hydrogen-bond donors (Lipinski definition) is 1.